The normalized spacial score (nSPS) is 10.2. The average Bonchev–Trinajstić information content (AvgIpc) is 2.54. The third-order valence-corrected chi connectivity index (χ3v) is 2.52. The summed E-state index contributed by atoms with van der Waals surface area (Å²) in [5.41, 5.74) is -1.31. The van der Waals surface area contributed by atoms with E-state index in [1.165, 1.54) is 0 Å². The predicted molar refractivity (Wildman–Crippen MR) is 76.2 cm³/mol. The maximum Gasteiger partial charge on any atom is 0.330 e. The summed E-state index contributed by atoms with van der Waals surface area (Å²) in [5, 5.41) is 16.3. The largest absolute Gasteiger partial charge is 0.464 e. The first-order chi connectivity index (χ1) is 10.4. The van der Waals surface area contributed by atoms with E-state index in [0.717, 1.165) is 18.4 Å². The van der Waals surface area contributed by atoms with Gasteiger partial charge in [0.25, 0.3) is 0 Å². The van der Waals surface area contributed by atoms with Crippen molar-refractivity contribution in [3.8, 4) is 0 Å². The van der Waals surface area contributed by atoms with Crippen molar-refractivity contribution in [2.24, 2.45) is 5.41 Å². The molecule has 122 valence electrons. The third kappa shape index (κ3) is 7.34. The minimum absolute atomic E-state index is 0.236. The van der Waals surface area contributed by atoms with Crippen molar-refractivity contribution in [3.05, 3.63) is 25.3 Å². The summed E-state index contributed by atoms with van der Waals surface area (Å²) in [4.78, 5) is 33.5. The summed E-state index contributed by atoms with van der Waals surface area (Å²) in [6, 6.07) is 0. The molecule has 0 aliphatic heterocycles. The van der Waals surface area contributed by atoms with Gasteiger partial charge in [-0.2, -0.15) is 0 Å². The lowest BCUT2D eigenvalue weighted by atomic mass is 9.92. The Hall–Kier alpha value is -2.48. The van der Waals surface area contributed by atoms with Crippen LogP contribution in [-0.2, 0) is 28.6 Å². The molecular weight excluding hydrogens is 294 g/mol. The lowest BCUT2D eigenvalue weighted by Gasteiger charge is -2.29. The fourth-order valence-electron chi connectivity index (χ4n) is 1.20. The quantitative estimate of drug-likeness (QED) is 0.238. The highest BCUT2D eigenvalue weighted by Gasteiger charge is 2.35. The molecule has 0 atom stereocenters. The van der Waals surface area contributed by atoms with Gasteiger partial charge in [-0.3, -0.25) is 4.79 Å². The molecule has 2 N–H and O–H groups in total. The Morgan fingerprint density at radius 1 is 1.00 bits per heavy atom. The van der Waals surface area contributed by atoms with E-state index in [0.29, 0.717) is 0 Å². The minimum atomic E-state index is -1.31. The topological polar surface area (TPSA) is 123 Å². The number of carbonyl (C=O) groups is 3. The van der Waals surface area contributed by atoms with Crippen LogP contribution in [0.25, 0.3) is 0 Å². The van der Waals surface area contributed by atoms with Gasteiger partial charge in [0.1, 0.15) is 19.8 Å². The smallest absolute Gasteiger partial charge is 0.330 e. The molecular formula is C14H19NO7. The molecule has 0 aromatic heterocycles. The van der Waals surface area contributed by atoms with E-state index in [-0.39, 0.29) is 26.2 Å². The molecule has 0 amide bonds. The van der Waals surface area contributed by atoms with Crippen LogP contribution in [0.1, 0.15) is 6.42 Å². The highest BCUT2D eigenvalue weighted by molar-refractivity contribution is 5.84. The molecule has 0 radical (unpaired) electrons. The van der Waals surface area contributed by atoms with Gasteiger partial charge in [-0.25, -0.2) is 9.59 Å². The van der Waals surface area contributed by atoms with Crippen LogP contribution >= 0.6 is 0 Å². The number of nitrogens with one attached hydrogen (secondary N) is 1. The summed E-state index contributed by atoms with van der Waals surface area (Å²) in [5.74, 6) is -2.17. The second-order valence-electron chi connectivity index (χ2n) is 4.35. The Bertz CT molecular complexity index is 420. The van der Waals surface area contributed by atoms with Crippen molar-refractivity contribution in [1.29, 1.82) is 5.41 Å². The summed E-state index contributed by atoms with van der Waals surface area (Å²) >= 11 is 0. The molecule has 0 aromatic rings. The van der Waals surface area contributed by atoms with E-state index in [9.17, 15) is 19.5 Å². The van der Waals surface area contributed by atoms with E-state index >= 15 is 0 Å². The zero-order valence-corrected chi connectivity index (χ0v) is 12.1. The Labute approximate surface area is 127 Å². The monoisotopic (exact) mass is 313 g/mol. The molecule has 0 aliphatic carbocycles. The van der Waals surface area contributed by atoms with Crippen molar-refractivity contribution in [1.82, 2.24) is 0 Å². The molecule has 0 saturated heterocycles. The average molecular weight is 313 g/mol. The number of carbonyl (C=O) groups excluding carboxylic acids is 3. The summed E-state index contributed by atoms with van der Waals surface area (Å²) < 4.78 is 14.6. The lowest BCUT2D eigenvalue weighted by Crippen LogP contribution is -2.42. The standard InChI is InChI=1S/C14H19NO7/c1-3-11(17)20-8-14(7-16,9-21-12(18)4-2)10-22-13(19)5-6-15/h3-4,6,15-16H,1-2,5,7-10H2. The maximum atomic E-state index is 11.3. The van der Waals surface area contributed by atoms with Crippen molar-refractivity contribution in [2.45, 2.75) is 6.42 Å². The van der Waals surface area contributed by atoms with Crippen LogP contribution in [0, 0.1) is 10.8 Å². The van der Waals surface area contributed by atoms with Crippen LogP contribution < -0.4 is 0 Å². The second kappa shape index (κ2) is 10.3. The van der Waals surface area contributed by atoms with Crippen molar-refractivity contribution >= 4 is 24.1 Å². The molecule has 8 nitrogen and oxygen atoms in total. The third-order valence-electron chi connectivity index (χ3n) is 2.52. The SMILES string of the molecule is C=CC(=O)OCC(CO)(COC(=O)C=C)COC(=O)CC=N. The zero-order chi connectivity index (χ0) is 17.0. The summed E-state index contributed by atoms with van der Waals surface area (Å²) in [7, 11) is 0. The Morgan fingerprint density at radius 3 is 1.82 bits per heavy atom. The van der Waals surface area contributed by atoms with E-state index in [1.807, 2.05) is 0 Å². The van der Waals surface area contributed by atoms with Gasteiger partial charge in [0.2, 0.25) is 0 Å². The Morgan fingerprint density at radius 2 is 1.45 bits per heavy atom. The van der Waals surface area contributed by atoms with E-state index in [4.69, 9.17) is 19.6 Å². The predicted octanol–water partition coefficient (Wildman–Crippen LogP) is 0.00637. The van der Waals surface area contributed by atoms with Gasteiger partial charge < -0.3 is 24.7 Å². The van der Waals surface area contributed by atoms with Gasteiger partial charge in [0, 0.05) is 18.4 Å². The number of ether oxygens (including phenoxy) is 3. The number of hydrogen-bond acceptors (Lipinski definition) is 8. The lowest BCUT2D eigenvalue weighted by molar-refractivity contribution is -0.160. The molecule has 0 aromatic carbocycles. The van der Waals surface area contributed by atoms with E-state index in [1.54, 1.807) is 0 Å². The molecule has 8 heteroatoms. The summed E-state index contributed by atoms with van der Waals surface area (Å²) in [6.07, 6.45) is 2.48. The molecule has 22 heavy (non-hydrogen) atoms. The highest BCUT2D eigenvalue weighted by Crippen LogP contribution is 2.19. The fourth-order valence-corrected chi connectivity index (χ4v) is 1.20. The number of hydrogen-bond donors (Lipinski definition) is 2. The zero-order valence-electron chi connectivity index (χ0n) is 12.1. The van der Waals surface area contributed by atoms with Crippen LogP contribution in [0.3, 0.4) is 0 Å². The number of rotatable bonds is 11. The molecule has 0 rings (SSSR count). The summed E-state index contributed by atoms with van der Waals surface area (Å²) in [6.45, 7) is 4.83. The van der Waals surface area contributed by atoms with Crippen molar-refractivity contribution < 1.29 is 33.7 Å². The van der Waals surface area contributed by atoms with Crippen LogP contribution in [0.4, 0.5) is 0 Å². The Balaban J connectivity index is 4.87. The molecule has 0 fully saturated rings. The van der Waals surface area contributed by atoms with Crippen LogP contribution in [-0.4, -0.2) is 55.7 Å². The second-order valence-corrected chi connectivity index (χ2v) is 4.35. The van der Waals surface area contributed by atoms with Crippen molar-refractivity contribution in [2.75, 3.05) is 26.4 Å². The van der Waals surface area contributed by atoms with Gasteiger partial charge >= 0.3 is 17.9 Å². The van der Waals surface area contributed by atoms with Gasteiger partial charge in [-0.1, -0.05) is 13.2 Å². The highest BCUT2D eigenvalue weighted by atomic mass is 16.6. The molecule has 0 saturated carbocycles. The van der Waals surface area contributed by atoms with Crippen LogP contribution in [0.5, 0.6) is 0 Å². The molecule has 0 spiro atoms. The van der Waals surface area contributed by atoms with E-state index in [2.05, 4.69) is 13.2 Å². The molecule has 0 bridgehead atoms. The van der Waals surface area contributed by atoms with Crippen LogP contribution in [0.2, 0.25) is 0 Å². The number of aliphatic hydroxyl groups is 1. The van der Waals surface area contributed by atoms with Gasteiger partial charge in [-0.15, -0.1) is 0 Å². The molecule has 0 aliphatic rings. The first-order valence-electron chi connectivity index (χ1n) is 6.27. The Kier molecular flexibility index (Phi) is 9.12. The minimum Gasteiger partial charge on any atom is -0.464 e. The first kappa shape index (κ1) is 19.5. The number of aliphatic hydroxyl groups excluding tert-OH is 1. The van der Waals surface area contributed by atoms with Crippen LogP contribution in [0.15, 0.2) is 25.3 Å². The van der Waals surface area contributed by atoms with Gasteiger partial charge in [-0.05, 0) is 0 Å². The van der Waals surface area contributed by atoms with Crippen molar-refractivity contribution in [3.63, 3.8) is 0 Å². The van der Waals surface area contributed by atoms with Gasteiger partial charge in [0.15, 0.2) is 0 Å². The fraction of sp³-hybridized carbons (Fsp3) is 0.429. The maximum absolute atomic E-state index is 11.3. The van der Waals surface area contributed by atoms with Gasteiger partial charge in [0.05, 0.1) is 18.4 Å². The van der Waals surface area contributed by atoms with E-state index < -0.39 is 29.9 Å². The number of esters is 3. The molecule has 0 unspecified atom stereocenters. The molecule has 0 heterocycles. The first-order valence-corrected chi connectivity index (χ1v) is 6.27.